The second kappa shape index (κ2) is 23.8. The number of benzene rings is 4. The third-order valence-corrected chi connectivity index (χ3v) is 13.1. The van der Waals surface area contributed by atoms with Gasteiger partial charge in [-0.2, -0.15) is 5.26 Å². The molecule has 0 radical (unpaired) electrons. The molecule has 350 valence electrons. The average molecular weight is 943 g/mol. The number of carbonyl (C=O) groups is 1. The van der Waals surface area contributed by atoms with Gasteiger partial charge in [-0.25, -0.2) is 14.3 Å². The molecule has 0 saturated carbocycles. The van der Waals surface area contributed by atoms with Gasteiger partial charge >= 0.3 is 11.8 Å². The summed E-state index contributed by atoms with van der Waals surface area (Å²) in [5.41, 5.74) is 0.116. The molecule has 17 heteroatoms. The topological polar surface area (TPSA) is 173 Å². The largest absolute Gasteiger partial charge is 0.514 e. The van der Waals surface area contributed by atoms with Gasteiger partial charge in [0.05, 0.1) is 46.0 Å². The smallest absolute Gasteiger partial charge is 0.497 e. The zero-order chi connectivity index (χ0) is 47.2. The van der Waals surface area contributed by atoms with Gasteiger partial charge in [0, 0.05) is 41.7 Å². The highest BCUT2D eigenvalue weighted by molar-refractivity contribution is 7.44. The van der Waals surface area contributed by atoms with Crippen LogP contribution in [0.25, 0.3) is 0 Å². The summed E-state index contributed by atoms with van der Waals surface area (Å²) in [4.78, 5) is 41.0. The SMILES string of the molecule is COc1ccc(C(OC[C@H]2O[C@@H](n3cc(C)c(=O)[nH]c3=O)C[C@H]2OC(=O)Oc2ccc(Cl)cc2)(c2ccccc2)c2ccc(OCCCOP(OCCC#N)N(C(C)C)C(C)C)cc2)cc1. The maximum absolute atomic E-state index is 13.3. The average Bonchev–Trinajstić information content (AvgIpc) is 3.70. The molecule has 2 unspecified atom stereocenters. The van der Waals surface area contributed by atoms with E-state index in [1.165, 1.54) is 22.9 Å². The van der Waals surface area contributed by atoms with Crippen LogP contribution >= 0.6 is 20.1 Å². The van der Waals surface area contributed by atoms with Crippen molar-refractivity contribution in [1.82, 2.24) is 14.2 Å². The van der Waals surface area contributed by atoms with Gasteiger partial charge in [0.25, 0.3) is 14.1 Å². The molecule has 1 aliphatic heterocycles. The number of hydrogen-bond acceptors (Lipinski definition) is 13. The standard InChI is InChI=1S/C49H56ClN4O11P/c1-33(2)54(34(3)4)66(61-28-10-26-51)62-29-11-27-59-41-22-16-38(17-23-41)49(36-12-8-7-9-13-36,37-14-20-40(58-6)21-15-37)60-32-44-43(65-48(57)63-42-24-18-39(50)19-25-42)30-45(64-44)53-31-35(5)46(55)52-47(53)56/h7-9,12-25,31,33-34,43-45H,10-11,27-30,32H2,1-6H3,(H,52,55,56)/t43-,44-,45-,49?,66?/m1/s1. The summed E-state index contributed by atoms with van der Waals surface area (Å²) >= 11 is 6.04. The van der Waals surface area contributed by atoms with Crippen LogP contribution in [0.3, 0.4) is 0 Å². The van der Waals surface area contributed by atoms with Crippen LogP contribution in [0.5, 0.6) is 17.2 Å². The molecule has 1 aromatic heterocycles. The Labute approximate surface area is 391 Å². The monoisotopic (exact) mass is 942 g/mol. The van der Waals surface area contributed by atoms with E-state index in [0.29, 0.717) is 48.3 Å². The minimum Gasteiger partial charge on any atom is -0.497 e. The number of rotatable bonds is 22. The van der Waals surface area contributed by atoms with Gasteiger partial charge in [0.15, 0.2) is 0 Å². The van der Waals surface area contributed by atoms with Gasteiger partial charge in [0.1, 0.15) is 41.3 Å². The number of H-pyrrole nitrogens is 1. The molecule has 0 amide bonds. The molecular weight excluding hydrogens is 887 g/mol. The number of aryl methyl sites for hydroxylation is 1. The minimum atomic E-state index is -1.36. The number of halogens is 1. The van der Waals surface area contributed by atoms with Crippen molar-refractivity contribution in [2.75, 3.05) is 33.5 Å². The lowest BCUT2D eigenvalue weighted by Gasteiger charge is -2.37. The minimum absolute atomic E-state index is 0.0384. The summed E-state index contributed by atoms with van der Waals surface area (Å²) in [6.45, 7) is 10.9. The Kier molecular flexibility index (Phi) is 17.9. The van der Waals surface area contributed by atoms with Crippen LogP contribution in [0.1, 0.15) is 75.4 Å². The number of nitrogens with zero attached hydrogens (tertiary/aromatic N) is 3. The van der Waals surface area contributed by atoms with Crippen LogP contribution in [0, 0.1) is 18.3 Å². The molecule has 1 N–H and O–H groups in total. The highest BCUT2D eigenvalue weighted by Gasteiger charge is 2.44. The van der Waals surface area contributed by atoms with E-state index in [9.17, 15) is 14.4 Å². The predicted molar refractivity (Wildman–Crippen MR) is 250 cm³/mol. The summed E-state index contributed by atoms with van der Waals surface area (Å²) in [5, 5.41) is 9.52. The summed E-state index contributed by atoms with van der Waals surface area (Å²) in [6.07, 6.45) is -1.48. The van der Waals surface area contributed by atoms with Crippen molar-refractivity contribution in [3.63, 3.8) is 0 Å². The van der Waals surface area contributed by atoms with E-state index in [0.717, 1.165) is 16.7 Å². The number of aromatic amines is 1. The van der Waals surface area contributed by atoms with Gasteiger partial charge in [0.2, 0.25) is 0 Å². The first kappa shape index (κ1) is 49.9. The Morgan fingerprint density at radius 3 is 2.11 bits per heavy atom. The quantitative estimate of drug-likeness (QED) is 0.0229. The molecule has 66 heavy (non-hydrogen) atoms. The molecular formula is C49H56ClN4O11P. The van der Waals surface area contributed by atoms with Gasteiger partial charge in [-0.15, -0.1) is 0 Å². The number of carbonyl (C=O) groups excluding carboxylic acids is 1. The fourth-order valence-corrected chi connectivity index (χ4v) is 9.39. The molecule has 2 heterocycles. The third kappa shape index (κ3) is 12.7. The highest BCUT2D eigenvalue weighted by atomic mass is 35.5. The Balaban J connectivity index is 1.27. The van der Waals surface area contributed by atoms with Crippen LogP contribution in [-0.4, -0.2) is 78.2 Å². The Morgan fingerprint density at radius 1 is 0.879 bits per heavy atom. The molecule has 0 spiro atoms. The lowest BCUT2D eigenvalue weighted by molar-refractivity contribution is -0.0975. The summed E-state index contributed by atoms with van der Waals surface area (Å²) in [5.74, 6) is 1.49. The number of methoxy groups -OCH3 is 1. The summed E-state index contributed by atoms with van der Waals surface area (Å²) in [6, 6.07) is 33.6. The Hall–Kier alpha value is -5.56. The molecule has 5 aromatic rings. The van der Waals surface area contributed by atoms with Crippen LogP contribution in [0.4, 0.5) is 4.79 Å². The first-order valence-electron chi connectivity index (χ1n) is 21.7. The van der Waals surface area contributed by atoms with Crippen molar-refractivity contribution in [1.29, 1.82) is 5.26 Å². The van der Waals surface area contributed by atoms with E-state index in [2.05, 4.69) is 43.4 Å². The van der Waals surface area contributed by atoms with Crippen LogP contribution < -0.4 is 25.5 Å². The fraction of sp³-hybridized carbons (Fsp3) is 0.388. The van der Waals surface area contributed by atoms with E-state index in [1.807, 2.05) is 78.9 Å². The van der Waals surface area contributed by atoms with Crippen molar-refractivity contribution < 1.29 is 42.3 Å². The summed E-state index contributed by atoms with van der Waals surface area (Å²) in [7, 11) is 0.233. The van der Waals surface area contributed by atoms with Crippen molar-refractivity contribution in [2.45, 2.75) is 90.0 Å². The molecule has 1 fully saturated rings. The normalized spacial score (nSPS) is 17.3. The van der Waals surface area contributed by atoms with Crippen LogP contribution in [0.15, 0.2) is 119 Å². The molecule has 0 aliphatic carbocycles. The van der Waals surface area contributed by atoms with Gasteiger partial charge in [-0.05, 0) is 99.8 Å². The maximum Gasteiger partial charge on any atom is 0.514 e. The van der Waals surface area contributed by atoms with E-state index in [-0.39, 0.29) is 37.3 Å². The van der Waals surface area contributed by atoms with Gasteiger partial charge < -0.3 is 37.5 Å². The van der Waals surface area contributed by atoms with Gasteiger partial charge in [-0.1, -0.05) is 66.2 Å². The van der Waals surface area contributed by atoms with Crippen molar-refractivity contribution in [2.24, 2.45) is 0 Å². The number of aromatic nitrogens is 2. The lowest BCUT2D eigenvalue weighted by atomic mass is 9.80. The molecule has 4 aromatic carbocycles. The number of nitrogens with one attached hydrogen (secondary N) is 1. The van der Waals surface area contributed by atoms with E-state index >= 15 is 0 Å². The molecule has 1 saturated heterocycles. The van der Waals surface area contributed by atoms with Crippen molar-refractivity contribution in [3.8, 4) is 23.3 Å². The van der Waals surface area contributed by atoms with Crippen LogP contribution in [0.2, 0.25) is 5.02 Å². The number of nitriles is 1. The van der Waals surface area contributed by atoms with Crippen molar-refractivity contribution >= 4 is 26.3 Å². The predicted octanol–water partition coefficient (Wildman–Crippen LogP) is 9.45. The zero-order valence-electron chi connectivity index (χ0n) is 37.9. The number of hydrogen-bond donors (Lipinski definition) is 1. The van der Waals surface area contributed by atoms with Crippen molar-refractivity contribution in [3.05, 3.63) is 157 Å². The second-order valence-corrected chi connectivity index (χ2v) is 17.9. The van der Waals surface area contributed by atoms with E-state index < -0.39 is 50.0 Å². The molecule has 1 aliphatic rings. The van der Waals surface area contributed by atoms with Gasteiger partial charge in [-0.3, -0.25) is 14.3 Å². The Bertz CT molecular complexity index is 2470. The highest BCUT2D eigenvalue weighted by Crippen LogP contribution is 2.46. The summed E-state index contributed by atoms with van der Waals surface area (Å²) < 4.78 is 52.5. The van der Waals surface area contributed by atoms with E-state index in [4.69, 9.17) is 54.3 Å². The second-order valence-electron chi connectivity index (χ2n) is 16.0. The zero-order valence-corrected chi connectivity index (χ0v) is 39.5. The van der Waals surface area contributed by atoms with Crippen LogP contribution in [-0.2, 0) is 28.9 Å². The van der Waals surface area contributed by atoms with E-state index in [1.54, 1.807) is 26.2 Å². The first-order chi connectivity index (χ1) is 31.8. The molecule has 0 bridgehead atoms. The number of ether oxygens (including phenoxy) is 6. The maximum atomic E-state index is 13.3. The Morgan fingerprint density at radius 2 is 1.48 bits per heavy atom. The molecule has 15 nitrogen and oxygen atoms in total. The molecule has 5 atom stereocenters. The fourth-order valence-electron chi connectivity index (χ4n) is 7.64. The first-order valence-corrected chi connectivity index (χ1v) is 23.2. The third-order valence-electron chi connectivity index (χ3n) is 10.7. The lowest BCUT2D eigenvalue weighted by Crippen LogP contribution is -2.39. The molecule has 6 rings (SSSR count).